The van der Waals surface area contributed by atoms with Crippen molar-refractivity contribution in [1.29, 1.82) is 0 Å². The summed E-state index contributed by atoms with van der Waals surface area (Å²) in [4.78, 5) is 11.9. The van der Waals surface area contributed by atoms with E-state index >= 15 is 0 Å². The largest absolute Gasteiger partial charge is 0.494 e. The lowest BCUT2D eigenvalue weighted by molar-refractivity contribution is -0.156. The minimum absolute atomic E-state index is 0.353. The molecule has 0 bridgehead atoms. The van der Waals surface area contributed by atoms with Crippen LogP contribution in [0, 0.1) is 0 Å². The number of rotatable bonds is 5. The number of carbonyl (C=O) groups excluding carboxylic acids is 1. The second-order valence-corrected chi connectivity index (χ2v) is 9.03. The van der Waals surface area contributed by atoms with Gasteiger partial charge in [-0.25, -0.2) is 0 Å². The molecule has 1 aliphatic rings. The molecule has 1 heterocycles. The summed E-state index contributed by atoms with van der Waals surface area (Å²) in [5.74, 6) is -0.386. The Morgan fingerprint density at radius 3 is 2.15 bits per heavy atom. The van der Waals surface area contributed by atoms with Crippen molar-refractivity contribution in [2.24, 2.45) is 5.73 Å². The highest BCUT2D eigenvalue weighted by Gasteiger charge is 2.51. The first-order chi connectivity index (χ1) is 12.3. The van der Waals surface area contributed by atoms with Gasteiger partial charge in [-0.3, -0.25) is 4.79 Å². The Labute approximate surface area is 163 Å². The van der Waals surface area contributed by atoms with Crippen molar-refractivity contribution in [2.75, 3.05) is 0 Å². The Bertz CT molecular complexity index is 673. The van der Waals surface area contributed by atoms with Gasteiger partial charge in [0.05, 0.1) is 11.2 Å². The fourth-order valence-electron chi connectivity index (χ4n) is 2.57. The highest BCUT2D eigenvalue weighted by molar-refractivity contribution is 6.62. The molecule has 0 aliphatic carbocycles. The minimum atomic E-state index is -0.663. The molecule has 2 N–H and O–H groups in total. The standard InChI is InChI=1S/C21H32BNO4/c1-19(2,3)25-18(24)17(23)10-8-9-15-11-13-16(14-12-15)22-26-20(4,5)21(6,7)27-22/h8-9,11-14,17H,10,23H2,1-7H3/b9-8+/t17-/m0/s1. The Balaban J connectivity index is 1.93. The maximum Gasteiger partial charge on any atom is 0.494 e. The third-order valence-corrected chi connectivity index (χ3v) is 4.87. The summed E-state index contributed by atoms with van der Waals surface area (Å²) in [6.45, 7) is 13.6. The van der Waals surface area contributed by atoms with Crippen LogP contribution in [0.2, 0.25) is 0 Å². The Morgan fingerprint density at radius 2 is 1.67 bits per heavy atom. The van der Waals surface area contributed by atoms with Gasteiger partial charge in [0, 0.05) is 0 Å². The highest BCUT2D eigenvalue weighted by atomic mass is 16.7. The zero-order valence-electron chi connectivity index (χ0n) is 17.5. The van der Waals surface area contributed by atoms with Crippen molar-refractivity contribution in [2.45, 2.75) is 77.7 Å². The summed E-state index contributed by atoms with van der Waals surface area (Å²) < 4.78 is 17.4. The molecular weight excluding hydrogens is 341 g/mol. The van der Waals surface area contributed by atoms with E-state index in [1.807, 2.05) is 84.9 Å². The Morgan fingerprint density at radius 1 is 1.15 bits per heavy atom. The summed E-state index contributed by atoms with van der Waals surface area (Å²) >= 11 is 0. The van der Waals surface area contributed by atoms with Gasteiger partial charge < -0.3 is 19.8 Å². The molecule has 1 aromatic rings. The second kappa shape index (κ2) is 7.78. The van der Waals surface area contributed by atoms with Crippen LogP contribution in [0.1, 0.15) is 60.5 Å². The van der Waals surface area contributed by atoms with E-state index in [2.05, 4.69) is 0 Å². The van der Waals surface area contributed by atoms with Gasteiger partial charge in [-0.05, 0) is 65.9 Å². The molecule has 148 valence electrons. The lowest BCUT2D eigenvalue weighted by Crippen LogP contribution is -2.41. The molecule has 0 saturated carbocycles. The molecule has 0 radical (unpaired) electrons. The van der Waals surface area contributed by atoms with Gasteiger partial charge >= 0.3 is 13.1 Å². The molecular formula is C21H32BNO4. The van der Waals surface area contributed by atoms with Crippen molar-refractivity contribution in [1.82, 2.24) is 0 Å². The molecule has 1 aliphatic heterocycles. The van der Waals surface area contributed by atoms with Crippen LogP contribution in [0.4, 0.5) is 0 Å². The summed E-state index contributed by atoms with van der Waals surface area (Å²) in [6.07, 6.45) is 4.25. The van der Waals surface area contributed by atoms with Crippen molar-refractivity contribution < 1.29 is 18.8 Å². The average molecular weight is 373 g/mol. The molecule has 0 spiro atoms. The van der Waals surface area contributed by atoms with Crippen molar-refractivity contribution in [3.63, 3.8) is 0 Å². The number of nitrogens with two attached hydrogens (primary N) is 1. The van der Waals surface area contributed by atoms with Gasteiger partial charge in [0.15, 0.2) is 0 Å². The number of esters is 1. The SMILES string of the molecule is CC(C)(C)OC(=O)[C@@H](N)C/C=C/c1ccc(B2OC(C)(C)C(C)(C)O2)cc1. The number of ether oxygens (including phenoxy) is 1. The van der Waals surface area contributed by atoms with E-state index in [0.717, 1.165) is 11.0 Å². The van der Waals surface area contributed by atoms with Crippen LogP contribution in [0.15, 0.2) is 30.3 Å². The van der Waals surface area contributed by atoms with E-state index in [0.29, 0.717) is 6.42 Å². The molecule has 1 saturated heterocycles. The van der Waals surface area contributed by atoms with E-state index in [1.54, 1.807) is 0 Å². The lowest BCUT2D eigenvalue weighted by atomic mass is 9.79. The molecule has 1 fully saturated rings. The van der Waals surface area contributed by atoms with Gasteiger partial charge in [0.25, 0.3) is 0 Å². The van der Waals surface area contributed by atoms with E-state index in [4.69, 9.17) is 19.8 Å². The summed E-state index contributed by atoms with van der Waals surface area (Å²) in [5.41, 5.74) is 6.66. The normalized spacial score (nSPS) is 20.1. The molecule has 1 aromatic carbocycles. The van der Waals surface area contributed by atoms with E-state index in [9.17, 15) is 4.79 Å². The summed E-state index contributed by atoms with van der Waals surface area (Å²) in [7, 11) is -0.367. The number of benzene rings is 1. The predicted molar refractivity (Wildman–Crippen MR) is 110 cm³/mol. The third kappa shape index (κ3) is 5.67. The van der Waals surface area contributed by atoms with E-state index < -0.39 is 11.6 Å². The van der Waals surface area contributed by atoms with E-state index in [-0.39, 0.29) is 24.3 Å². The van der Waals surface area contributed by atoms with Gasteiger partial charge in [0.2, 0.25) is 0 Å². The number of hydrogen-bond donors (Lipinski definition) is 1. The fraction of sp³-hybridized carbons (Fsp3) is 0.571. The van der Waals surface area contributed by atoms with Crippen molar-refractivity contribution >= 4 is 24.6 Å². The lowest BCUT2D eigenvalue weighted by Gasteiger charge is -2.32. The zero-order valence-corrected chi connectivity index (χ0v) is 17.5. The first-order valence-corrected chi connectivity index (χ1v) is 9.41. The molecule has 0 amide bonds. The van der Waals surface area contributed by atoms with Gasteiger partial charge in [-0.2, -0.15) is 0 Å². The van der Waals surface area contributed by atoms with Gasteiger partial charge in [0.1, 0.15) is 11.6 Å². The second-order valence-electron chi connectivity index (χ2n) is 9.03. The van der Waals surface area contributed by atoms with Gasteiger partial charge in [-0.15, -0.1) is 0 Å². The molecule has 1 atom stereocenters. The van der Waals surface area contributed by atoms with E-state index in [1.165, 1.54) is 0 Å². The Hall–Kier alpha value is -1.63. The quantitative estimate of drug-likeness (QED) is 0.635. The predicted octanol–water partition coefficient (Wildman–Crippen LogP) is 3.06. The maximum absolute atomic E-state index is 11.9. The number of carbonyl (C=O) groups is 1. The van der Waals surface area contributed by atoms with Crippen LogP contribution in [0.25, 0.3) is 6.08 Å². The molecule has 6 heteroatoms. The minimum Gasteiger partial charge on any atom is -0.459 e. The van der Waals surface area contributed by atoms with Crippen LogP contribution in [-0.4, -0.2) is 35.9 Å². The van der Waals surface area contributed by atoms with Crippen LogP contribution < -0.4 is 11.2 Å². The molecule has 0 aromatic heterocycles. The monoisotopic (exact) mass is 373 g/mol. The summed E-state index contributed by atoms with van der Waals surface area (Å²) in [6, 6.07) is 7.32. The molecule has 5 nitrogen and oxygen atoms in total. The molecule has 27 heavy (non-hydrogen) atoms. The van der Waals surface area contributed by atoms with Gasteiger partial charge in [-0.1, -0.05) is 36.4 Å². The highest BCUT2D eigenvalue weighted by Crippen LogP contribution is 2.36. The zero-order chi connectivity index (χ0) is 20.5. The Kier molecular flexibility index (Phi) is 6.24. The smallest absolute Gasteiger partial charge is 0.459 e. The van der Waals surface area contributed by atoms with Crippen LogP contribution in [-0.2, 0) is 18.8 Å². The van der Waals surface area contributed by atoms with Crippen LogP contribution in [0.3, 0.4) is 0 Å². The van der Waals surface area contributed by atoms with Crippen molar-refractivity contribution in [3.8, 4) is 0 Å². The van der Waals surface area contributed by atoms with Crippen molar-refractivity contribution in [3.05, 3.63) is 35.9 Å². The fourth-order valence-corrected chi connectivity index (χ4v) is 2.57. The maximum atomic E-state index is 11.9. The van der Waals surface area contributed by atoms with Crippen LogP contribution in [0.5, 0.6) is 0 Å². The number of hydrogen-bond acceptors (Lipinski definition) is 5. The third-order valence-electron chi connectivity index (χ3n) is 4.87. The first kappa shape index (κ1) is 21.7. The summed E-state index contributed by atoms with van der Waals surface area (Å²) in [5, 5.41) is 0. The van der Waals surface area contributed by atoms with Crippen LogP contribution >= 0.6 is 0 Å². The topological polar surface area (TPSA) is 70.8 Å². The first-order valence-electron chi connectivity index (χ1n) is 9.41. The molecule has 2 rings (SSSR count). The average Bonchev–Trinajstić information content (AvgIpc) is 2.74. The molecule has 0 unspecified atom stereocenters.